The fourth-order valence-corrected chi connectivity index (χ4v) is 3.22. The molecule has 3 heterocycles. The van der Waals surface area contributed by atoms with Crippen LogP contribution in [0, 0.1) is 18.3 Å². The quantitative estimate of drug-likeness (QED) is 0.903. The van der Waals surface area contributed by atoms with E-state index in [0.717, 1.165) is 18.8 Å². The SMILES string of the molecule is Cc1nc(C(=O)N[C@@H]2CN(C)C[C@H]2c2cncn2C)ccc1C#N. The molecule has 0 radical (unpaired) electrons. The van der Waals surface area contributed by atoms with Gasteiger partial charge in [0.1, 0.15) is 11.8 Å². The van der Waals surface area contributed by atoms with E-state index < -0.39 is 0 Å². The summed E-state index contributed by atoms with van der Waals surface area (Å²) in [5.41, 5.74) is 2.50. The van der Waals surface area contributed by atoms with Gasteiger partial charge in [0.25, 0.3) is 5.91 Å². The van der Waals surface area contributed by atoms with Crippen LogP contribution in [0.15, 0.2) is 24.7 Å². The Hall–Kier alpha value is -2.72. The van der Waals surface area contributed by atoms with Gasteiger partial charge in [0.2, 0.25) is 0 Å². The van der Waals surface area contributed by atoms with E-state index >= 15 is 0 Å². The monoisotopic (exact) mass is 324 g/mol. The number of aromatic nitrogens is 3. The van der Waals surface area contributed by atoms with E-state index in [2.05, 4.69) is 26.3 Å². The van der Waals surface area contributed by atoms with Crippen LogP contribution in [-0.4, -0.2) is 51.5 Å². The van der Waals surface area contributed by atoms with E-state index in [9.17, 15) is 4.79 Å². The minimum absolute atomic E-state index is 0.00403. The highest BCUT2D eigenvalue weighted by molar-refractivity contribution is 5.92. The molecule has 124 valence electrons. The molecular weight excluding hydrogens is 304 g/mol. The molecule has 0 spiro atoms. The Bertz CT molecular complexity index is 806. The summed E-state index contributed by atoms with van der Waals surface area (Å²) in [7, 11) is 4.00. The first-order chi connectivity index (χ1) is 11.5. The third-order valence-electron chi connectivity index (χ3n) is 4.49. The Balaban J connectivity index is 1.79. The summed E-state index contributed by atoms with van der Waals surface area (Å²) < 4.78 is 1.99. The Labute approximate surface area is 140 Å². The molecule has 2 aromatic rings. The summed E-state index contributed by atoms with van der Waals surface area (Å²) in [5, 5.41) is 12.1. The summed E-state index contributed by atoms with van der Waals surface area (Å²) in [6.45, 7) is 3.37. The van der Waals surface area contributed by atoms with Gasteiger partial charge in [-0.2, -0.15) is 5.26 Å². The second kappa shape index (κ2) is 6.42. The molecule has 0 unspecified atom stereocenters. The maximum absolute atomic E-state index is 12.6. The number of nitriles is 1. The van der Waals surface area contributed by atoms with Crippen molar-refractivity contribution in [2.24, 2.45) is 7.05 Å². The number of nitrogens with one attached hydrogen (secondary N) is 1. The van der Waals surface area contributed by atoms with Crippen molar-refractivity contribution in [1.29, 1.82) is 5.26 Å². The highest BCUT2D eigenvalue weighted by Gasteiger charge is 2.35. The van der Waals surface area contributed by atoms with Gasteiger partial charge in [-0.05, 0) is 26.1 Å². The van der Waals surface area contributed by atoms with Crippen LogP contribution >= 0.6 is 0 Å². The van der Waals surface area contributed by atoms with Crippen LogP contribution in [0.3, 0.4) is 0 Å². The van der Waals surface area contributed by atoms with Gasteiger partial charge in [-0.25, -0.2) is 9.97 Å². The molecule has 1 N–H and O–H groups in total. The zero-order valence-electron chi connectivity index (χ0n) is 14.0. The molecule has 7 nitrogen and oxygen atoms in total. The number of nitrogens with zero attached hydrogens (tertiary/aromatic N) is 5. The minimum atomic E-state index is -0.213. The fourth-order valence-electron chi connectivity index (χ4n) is 3.22. The number of rotatable bonds is 3. The molecule has 1 aliphatic heterocycles. The lowest BCUT2D eigenvalue weighted by Gasteiger charge is -2.20. The standard InChI is InChI=1S/C17H20N6O/c1-11-12(6-18)4-5-14(20-11)17(24)21-15-9-22(2)8-13(15)16-7-19-10-23(16)3/h4-5,7,10,13,15H,8-9H2,1-3H3,(H,21,24)/t13-,15-/m1/s1. The predicted octanol–water partition coefficient (Wildman–Crippen LogP) is 0.823. The van der Waals surface area contributed by atoms with Crippen molar-refractivity contribution >= 4 is 5.91 Å². The zero-order chi connectivity index (χ0) is 17.3. The van der Waals surface area contributed by atoms with Gasteiger partial charge < -0.3 is 14.8 Å². The molecule has 0 aromatic carbocycles. The summed E-state index contributed by atoms with van der Waals surface area (Å²) in [6.07, 6.45) is 3.63. The predicted molar refractivity (Wildman–Crippen MR) is 88.4 cm³/mol. The second-order valence-electron chi connectivity index (χ2n) is 6.28. The van der Waals surface area contributed by atoms with E-state index in [1.54, 1.807) is 25.4 Å². The van der Waals surface area contributed by atoms with E-state index in [-0.39, 0.29) is 17.9 Å². The molecular formula is C17H20N6O. The average molecular weight is 324 g/mol. The van der Waals surface area contributed by atoms with Gasteiger partial charge in [-0.1, -0.05) is 0 Å². The Morgan fingerprint density at radius 2 is 2.17 bits per heavy atom. The maximum Gasteiger partial charge on any atom is 0.270 e. The second-order valence-corrected chi connectivity index (χ2v) is 6.28. The first kappa shape index (κ1) is 16.1. The van der Waals surface area contributed by atoms with E-state index in [0.29, 0.717) is 17.0 Å². The molecule has 0 saturated carbocycles. The normalized spacial score (nSPS) is 20.8. The molecule has 1 saturated heterocycles. The van der Waals surface area contributed by atoms with Gasteiger partial charge >= 0.3 is 0 Å². The molecule has 0 bridgehead atoms. The topological polar surface area (TPSA) is 86.8 Å². The van der Waals surface area contributed by atoms with Gasteiger partial charge in [-0.15, -0.1) is 0 Å². The molecule has 24 heavy (non-hydrogen) atoms. The van der Waals surface area contributed by atoms with Crippen molar-refractivity contribution in [3.05, 3.63) is 47.3 Å². The number of hydrogen-bond donors (Lipinski definition) is 1. The number of carbonyl (C=O) groups excluding carboxylic acids is 1. The van der Waals surface area contributed by atoms with Crippen molar-refractivity contribution in [1.82, 2.24) is 24.8 Å². The average Bonchev–Trinajstić information content (AvgIpc) is 3.12. The van der Waals surface area contributed by atoms with Crippen LogP contribution in [0.2, 0.25) is 0 Å². The molecule has 7 heteroatoms. The number of likely N-dealkylation sites (tertiary alicyclic amines) is 1. The van der Waals surface area contributed by atoms with Crippen LogP contribution in [0.25, 0.3) is 0 Å². The largest absolute Gasteiger partial charge is 0.346 e. The molecule has 2 aromatic heterocycles. The number of amides is 1. The number of imidazole rings is 1. The van der Waals surface area contributed by atoms with Gasteiger partial charge in [0.15, 0.2) is 0 Å². The Kier molecular flexibility index (Phi) is 4.32. The van der Waals surface area contributed by atoms with Crippen molar-refractivity contribution in [2.75, 3.05) is 20.1 Å². The molecule has 2 atom stereocenters. The lowest BCUT2D eigenvalue weighted by atomic mass is 10.00. The molecule has 1 amide bonds. The lowest BCUT2D eigenvalue weighted by Crippen LogP contribution is -2.40. The van der Waals surface area contributed by atoms with Crippen LogP contribution in [0.4, 0.5) is 0 Å². The summed E-state index contributed by atoms with van der Waals surface area (Å²) in [5.74, 6) is -0.0269. The van der Waals surface area contributed by atoms with Crippen molar-refractivity contribution < 1.29 is 4.79 Å². The highest BCUT2D eigenvalue weighted by Crippen LogP contribution is 2.26. The highest BCUT2D eigenvalue weighted by atomic mass is 16.2. The van der Waals surface area contributed by atoms with E-state index in [1.807, 2.05) is 24.9 Å². The first-order valence-electron chi connectivity index (χ1n) is 7.83. The minimum Gasteiger partial charge on any atom is -0.346 e. The smallest absolute Gasteiger partial charge is 0.270 e. The van der Waals surface area contributed by atoms with Crippen molar-refractivity contribution in [2.45, 2.75) is 18.9 Å². The van der Waals surface area contributed by atoms with Crippen molar-refractivity contribution in [3.8, 4) is 6.07 Å². The molecule has 0 aliphatic carbocycles. The maximum atomic E-state index is 12.6. The summed E-state index contributed by atoms with van der Waals surface area (Å²) >= 11 is 0. The molecule has 3 rings (SSSR count). The zero-order valence-corrected chi connectivity index (χ0v) is 14.0. The number of likely N-dealkylation sites (N-methyl/N-ethyl adjacent to an activating group) is 1. The van der Waals surface area contributed by atoms with Crippen LogP contribution in [-0.2, 0) is 7.05 Å². The third kappa shape index (κ3) is 3.01. The van der Waals surface area contributed by atoms with Gasteiger partial charge in [-0.3, -0.25) is 4.79 Å². The van der Waals surface area contributed by atoms with Crippen LogP contribution in [0.1, 0.15) is 33.4 Å². The van der Waals surface area contributed by atoms with Gasteiger partial charge in [0.05, 0.1) is 23.6 Å². The molecule has 1 aliphatic rings. The third-order valence-corrected chi connectivity index (χ3v) is 4.49. The van der Waals surface area contributed by atoms with Crippen LogP contribution in [0.5, 0.6) is 0 Å². The number of pyridine rings is 1. The van der Waals surface area contributed by atoms with E-state index in [1.165, 1.54) is 0 Å². The Morgan fingerprint density at radius 3 is 2.79 bits per heavy atom. The number of hydrogen-bond acceptors (Lipinski definition) is 5. The van der Waals surface area contributed by atoms with Crippen LogP contribution < -0.4 is 5.32 Å². The number of aryl methyl sites for hydroxylation is 2. The van der Waals surface area contributed by atoms with E-state index in [4.69, 9.17) is 5.26 Å². The van der Waals surface area contributed by atoms with Crippen molar-refractivity contribution in [3.63, 3.8) is 0 Å². The van der Waals surface area contributed by atoms with Gasteiger partial charge in [0, 0.05) is 37.9 Å². The summed E-state index contributed by atoms with van der Waals surface area (Å²) in [4.78, 5) is 23.2. The fraction of sp³-hybridized carbons (Fsp3) is 0.412. The summed E-state index contributed by atoms with van der Waals surface area (Å²) in [6, 6.07) is 5.29. The Morgan fingerprint density at radius 1 is 1.38 bits per heavy atom. The molecule has 1 fully saturated rings. The number of carbonyl (C=O) groups is 1. The first-order valence-corrected chi connectivity index (χ1v) is 7.83. The lowest BCUT2D eigenvalue weighted by molar-refractivity contribution is 0.0930.